The molecule has 1 nitrogen and oxygen atoms in total. The fourth-order valence-electron chi connectivity index (χ4n) is 1.85. The quantitative estimate of drug-likeness (QED) is 0.471. The Balaban J connectivity index is 1.89. The number of aromatic nitrogens is 1. The van der Waals surface area contributed by atoms with E-state index in [0.717, 1.165) is 5.33 Å². The van der Waals surface area contributed by atoms with Crippen LogP contribution in [0.2, 0.25) is 0 Å². The molecule has 1 rings (SSSR count). The van der Waals surface area contributed by atoms with Gasteiger partial charge < -0.3 is 0 Å². The molecule has 0 bridgehead atoms. The van der Waals surface area contributed by atoms with Crippen LogP contribution in [0.15, 0.2) is 24.5 Å². The normalized spacial score (nSPS) is 10.6. The molecule has 16 heavy (non-hydrogen) atoms. The number of hydrogen-bond donors (Lipinski definition) is 0. The van der Waals surface area contributed by atoms with Crippen LogP contribution in [0.3, 0.4) is 0 Å². The Kier molecular flexibility index (Phi) is 8.41. The first-order chi connectivity index (χ1) is 7.93. The van der Waals surface area contributed by atoms with Crippen molar-refractivity contribution in [2.45, 2.75) is 51.4 Å². The summed E-state index contributed by atoms with van der Waals surface area (Å²) in [6.07, 6.45) is 14.6. The van der Waals surface area contributed by atoms with Crippen molar-refractivity contribution in [1.82, 2.24) is 4.98 Å². The Labute approximate surface area is 108 Å². The highest BCUT2D eigenvalue weighted by molar-refractivity contribution is 9.09. The van der Waals surface area contributed by atoms with Crippen LogP contribution >= 0.6 is 15.9 Å². The lowest BCUT2D eigenvalue weighted by molar-refractivity contribution is 0.591. The first kappa shape index (κ1) is 13.7. The van der Waals surface area contributed by atoms with Crippen molar-refractivity contribution in [3.8, 4) is 0 Å². The highest BCUT2D eigenvalue weighted by Crippen LogP contribution is 2.10. The number of halogens is 1. The molecule has 0 saturated carbocycles. The minimum Gasteiger partial charge on any atom is -0.264 e. The summed E-state index contributed by atoms with van der Waals surface area (Å²) in [6.45, 7) is 0. The van der Waals surface area contributed by atoms with Gasteiger partial charge in [-0.05, 0) is 30.9 Å². The maximum Gasteiger partial charge on any atom is 0.0299 e. The van der Waals surface area contributed by atoms with E-state index in [9.17, 15) is 0 Å². The van der Waals surface area contributed by atoms with Crippen LogP contribution in [0, 0.1) is 0 Å². The standard InChI is InChI=1S/C14H22BrN/c15-11-7-5-3-1-2-4-6-9-14-10-8-12-16-13-14/h8,10,12-13H,1-7,9,11H2. The van der Waals surface area contributed by atoms with Gasteiger partial charge in [0.2, 0.25) is 0 Å². The number of alkyl halides is 1. The van der Waals surface area contributed by atoms with E-state index < -0.39 is 0 Å². The van der Waals surface area contributed by atoms with E-state index in [1.807, 2.05) is 18.5 Å². The Morgan fingerprint density at radius 1 is 0.938 bits per heavy atom. The number of nitrogens with zero attached hydrogens (tertiary/aromatic N) is 1. The molecule has 0 N–H and O–H groups in total. The lowest BCUT2D eigenvalue weighted by atomic mass is 10.1. The monoisotopic (exact) mass is 283 g/mol. The van der Waals surface area contributed by atoms with Crippen molar-refractivity contribution in [2.24, 2.45) is 0 Å². The smallest absolute Gasteiger partial charge is 0.0299 e. The maximum atomic E-state index is 4.13. The molecule has 90 valence electrons. The third kappa shape index (κ3) is 7.00. The fourth-order valence-corrected chi connectivity index (χ4v) is 2.25. The summed E-state index contributed by atoms with van der Waals surface area (Å²) in [5.41, 5.74) is 1.38. The second-order valence-corrected chi connectivity index (χ2v) is 5.07. The van der Waals surface area contributed by atoms with Gasteiger partial charge in [-0.1, -0.05) is 54.1 Å². The second kappa shape index (κ2) is 9.83. The lowest BCUT2D eigenvalue weighted by Gasteiger charge is -2.01. The van der Waals surface area contributed by atoms with Gasteiger partial charge in [0, 0.05) is 17.7 Å². The minimum absolute atomic E-state index is 1.16. The van der Waals surface area contributed by atoms with Crippen molar-refractivity contribution >= 4 is 15.9 Å². The van der Waals surface area contributed by atoms with Crippen LogP contribution in [-0.2, 0) is 6.42 Å². The minimum atomic E-state index is 1.16. The van der Waals surface area contributed by atoms with Crippen molar-refractivity contribution in [3.63, 3.8) is 0 Å². The summed E-state index contributed by atoms with van der Waals surface area (Å²) in [6, 6.07) is 4.19. The molecular weight excluding hydrogens is 262 g/mol. The van der Waals surface area contributed by atoms with Gasteiger partial charge in [-0.15, -0.1) is 0 Å². The van der Waals surface area contributed by atoms with E-state index >= 15 is 0 Å². The molecule has 2 heteroatoms. The summed E-state index contributed by atoms with van der Waals surface area (Å²) in [5, 5.41) is 1.16. The van der Waals surface area contributed by atoms with Gasteiger partial charge in [0.1, 0.15) is 0 Å². The van der Waals surface area contributed by atoms with Gasteiger partial charge in [-0.3, -0.25) is 4.98 Å². The van der Waals surface area contributed by atoms with Gasteiger partial charge in [0.25, 0.3) is 0 Å². The van der Waals surface area contributed by atoms with Crippen LogP contribution in [0.5, 0.6) is 0 Å². The van der Waals surface area contributed by atoms with Crippen LogP contribution in [0.4, 0.5) is 0 Å². The largest absolute Gasteiger partial charge is 0.264 e. The first-order valence-corrected chi connectivity index (χ1v) is 7.50. The summed E-state index contributed by atoms with van der Waals surface area (Å²) in [4.78, 5) is 4.13. The molecule has 0 aromatic carbocycles. The molecule has 0 aliphatic heterocycles. The zero-order chi connectivity index (χ0) is 11.5. The number of aryl methyl sites for hydroxylation is 1. The molecule has 0 unspecified atom stereocenters. The summed E-state index contributed by atoms with van der Waals surface area (Å²) < 4.78 is 0. The lowest BCUT2D eigenvalue weighted by Crippen LogP contribution is -1.87. The molecule has 0 atom stereocenters. The summed E-state index contributed by atoms with van der Waals surface area (Å²) in [7, 11) is 0. The maximum absolute atomic E-state index is 4.13. The van der Waals surface area contributed by atoms with E-state index in [1.165, 1.54) is 56.9 Å². The molecule has 0 saturated heterocycles. The van der Waals surface area contributed by atoms with Crippen LogP contribution in [0.1, 0.15) is 50.5 Å². The zero-order valence-corrected chi connectivity index (χ0v) is 11.6. The fraction of sp³-hybridized carbons (Fsp3) is 0.643. The van der Waals surface area contributed by atoms with Gasteiger partial charge in [-0.2, -0.15) is 0 Å². The molecule has 0 fully saturated rings. The van der Waals surface area contributed by atoms with Gasteiger partial charge >= 0.3 is 0 Å². The molecule has 1 heterocycles. The first-order valence-electron chi connectivity index (χ1n) is 6.38. The molecule has 1 aromatic heterocycles. The van der Waals surface area contributed by atoms with E-state index in [0.29, 0.717) is 0 Å². The molecule has 0 aliphatic rings. The van der Waals surface area contributed by atoms with Crippen LogP contribution in [-0.4, -0.2) is 10.3 Å². The molecule has 0 aliphatic carbocycles. The van der Waals surface area contributed by atoms with E-state index in [1.54, 1.807) is 0 Å². The van der Waals surface area contributed by atoms with Crippen molar-refractivity contribution < 1.29 is 0 Å². The highest BCUT2D eigenvalue weighted by Gasteiger charge is 1.94. The Bertz CT molecular complexity index is 248. The molecule has 0 amide bonds. The van der Waals surface area contributed by atoms with Gasteiger partial charge in [-0.25, -0.2) is 0 Å². The molecule has 0 radical (unpaired) electrons. The molecule has 1 aromatic rings. The predicted molar refractivity (Wildman–Crippen MR) is 74.1 cm³/mol. The molecular formula is C14H22BrN. The van der Waals surface area contributed by atoms with Crippen molar-refractivity contribution in [2.75, 3.05) is 5.33 Å². The Hall–Kier alpha value is -0.370. The average molecular weight is 284 g/mol. The average Bonchev–Trinajstić information content (AvgIpc) is 2.34. The summed E-state index contributed by atoms with van der Waals surface area (Å²) in [5.74, 6) is 0. The third-order valence-corrected chi connectivity index (χ3v) is 3.38. The van der Waals surface area contributed by atoms with Crippen molar-refractivity contribution in [1.29, 1.82) is 0 Å². The van der Waals surface area contributed by atoms with Gasteiger partial charge in [0.15, 0.2) is 0 Å². The third-order valence-electron chi connectivity index (χ3n) is 2.82. The predicted octanol–water partition coefficient (Wildman–Crippen LogP) is 4.75. The SMILES string of the molecule is BrCCCCCCCCCc1cccnc1. The van der Waals surface area contributed by atoms with E-state index in [2.05, 4.69) is 27.0 Å². The Morgan fingerprint density at radius 3 is 2.25 bits per heavy atom. The topological polar surface area (TPSA) is 12.9 Å². The molecule has 0 spiro atoms. The van der Waals surface area contributed by atoms with E-state index in [4.69, 9.17) is 0 Å². The zero-order valence-electron chi connectivity index (χ0n) is 10.00. The number of pyridine rings is 1. The Morgan fingerprint density at radius 2 is 1.62 bits per heavy atom. The number of unbranched alkanes of at least 4 members (excludes halogenated alkanes) is 6. The second-order valence-electron chi connectivity index (χ2n) is 4.28. The van der Waals surface area contributed by atoms with Crippen molar-refractivity contribution in [3.05, 3.63) is 30.1 Å². The van der Waals surface area contributed by atoms with Crippen LogP contribution in [0.25, 0.3) is 0 Å². The summed E-state index contributed by atoms with van der Waals surface area (Å²) >= 11 is 3.46. The van der Waals surface area contributed by atoms with Gasteiger partial charge in [0.05, 0.1) is 0 Å². The number of hydrogen-bond acceptors (Lipinski definition) is 1. The van der Waals surface area contributed by atoms with Crippen LogP contribution < -0.4 is 0 Å². The van der Waals surface area contributed by atoms with E-state index in [-0.39, 0.29) is 0 Å². The number of rotatable bonds is 9. The highest BCUT2D eigenvalue weighted by atomic mass is 79.9.